The lowest BCUT2D eigenvalue weighted by Crippen LogP contribution is -2.51. The minimum absolute atomic E-state index is 0.0207. The number of hydrogen-bond acceptors (Lipinski definition) is 4. The Hall–Kier alpha value is -2.21. The van der Waals surface area contributed by atoms with Gasteiger partial charge >= 0.3 is 0 Å². The van der Waals surface area contributed by atoms with E-state index in [2.05, 4.69) is 10.2 Å². The highest BCUT2D eigenvalue weighted by atomic mass is 16.5. The quantitative estimate of drug-likeness (QED) is 0.859. The zero-order valence-corrected chi connectivity index (χ0v) is 17.2. The number of ether oxygens (including phenoxy) is 2. The van der Waals surface area contributed by atoms with Crippen molar-refractivity contribution in [3.63, 3.8) is 0 Å². The lowest BCUT2D eigenvalue weighted by atomic mass is 9.83. The van der Waals surface area contributed by atoms with Gasteiger partial charge < -0.3 is 24.3 Å². The number of benzene rings is 1. The molecule has 0 spiro atoms. The van der Waals surface area contributed by atoms with Gasteiger partial charge in [0.05, 0.1) is 19.7 Å². The van der Waals surface area contributed by atoms with Gasteiger partial charge in [-0.25, -0.2) is 0 Å². The molecule has 0 aliphatic carbocycles. The molecule has 6 nitrogen and oxygen atoms in total. The summed E-state index contributed by atoms with van der Waals surface area (Å²) in [6.07, 6.45) is 6.35. The van der Waals surface area contributed by atoms with E-state index >= 15 is 0 Å². The first-order valence-corrected chi connectivity index (χ1v) is 10.4. The van der Waals surface area contributed by atoms with E-state index in [-0.39, 0.29) is 5.91 Å². The van der Waals surface area contributed by atoms with Crippen molar-refractivity contribution in [2.75, 3.05) is 33.9 Å². The van der Waals surface area contributed by atoms with Gasteiger partial charge in [-0.1, -0.05) is 6.42 Å². The largest absolute Gasteiger partial charge is 0.497 e. The third-order valence-corrected chi connectivity index (χ3v) is 6.54. The van der Waals surface area contributed by atoms with Crippen molar-refractivity contribution in [3.05, 3.63) is 23.9 Å². The van der Waals surface area contributed by atoms with Crippen molar-refractivity contribution < 1.29 is 14.3 Å². The molecule has 0 unspecified atom stereocenters. The summed E-state index contributed by atoms with van der Waals surface area (Å²) in [5, 5.41) is 4.13. The lowest BCUT2D eigenvalue weighted by Gasteiger charge is -2.44. The zero-order valence-electron chi connectivity index (χ0n) is 17.2. The van der Waals surface area contributed by atoms with Gasteiger partial charge in [0.2, 0.25) is 0 Å². The Bertz CT molecular complexity index is 858. The highest BCUT2D eigenvalue weighted by Gasteiger charge is 2.33. The van der Waals surface area contributed by atoms with Gasteiger partial charge in [0, 0.05) is 37.2 Å². The number of nitrogens with zero attached hydrogens (tertiary/aromatic N) is 2. The number of hydrogen-bond donors (Lipinski definition) is 1. The Morgan fingerprint density at radius 3 is 2.71 bits per heavy atom. The Labute approximate surface area is 166 Å². The standard InChI is InChI=1S/C22H31N3O3/c1-24-19-11-16(27-2)12-21(28-3)17(19)13-20(24)22(26)23-14-15-7-6-10-25-9-5-4-8-18(15)25/h11-13,15,18H,4-10,14H2,1-3H3,(H,23,26)/t15-,18-/m0/s1. The number of aryl methyl sites for hydroxylation is 1. The van der Waals surface area contributed by atoms with E-state index in [0.717, 1.165) is 23.2 Å². The SMILES string of the molecule is COc1cc(OC)c2cc(C(=O)NC[C@@H]3CCCN4CCCC[C@@H]34)n(C)c2c1. The molecule has 1 amide bonds. The first-order valence-electron chi connectivity index (χ1n) is 10.4. The molecule has 1 aromatic carbocycles. The smallest absolute Gasteiger partial charge is 0.267 e. The third kappa shape index (κ3) is 3.46. The highest BCUT2D eigenvalue weighted by molar-refractivity contribution is 6.00. The molecule has 2 saturated heterocycles. The molecule has 1 aromatic heterocycles. The summed E-state index contributed by atoms with van der Waals surface area (Å²) in [6, 6.07) is 6.34. The summed E-state index contributed by atoms with van der Waals surface area (Å²) in [4.78, 5) is 15.6. The van der Waals surface area contributed by atoms with Crippen LogP contribution >= 0.6 is 0 Å². The van der Waals surface area contributed by atoms with Crippen LogP contribution < -0.4 is 14.8 Å². The van der Waals surface area contributed by atoms with Gasteiger partial charge in [-0.3, -0.25) is 4.79 Å². The maximum atomic E-state index is 13.0. The first kappa shape index (κ1) is 19.1. The average molecular weight is 386 g/mol. The first-order chi connectivity index (χ1) is 13.6. The number of aromatic nitrogens is 1. The van der Waals surface area contributed by atoms with E-state index < -0.39 is 0 Å². The van der Waals surface area contributed by atoms with Crippen LogP contribution in [0, 0.1) is 5.92 Å². The fourth-order valence-electron chi connectivity index (χ4n) is 5.01. The summed E-state index contributed by atoms with van der Waals surface area (Å²) in [6.45, 7) is 3.20. The zero-order chi connectivity index (χ0) is 19.7. The third-order valence-electron chi connectivity index (χ3n) is 6.54. The fourth-order valence-corrected chi connectivity index (χ4v) is 5.01. The summed E-state index contributed by atoms with van der Waals surface area (Å²) in [7, 11) is 5.19. The molecular weight excluding hydrogens is 354 g/mol. The number of carbonyl (C=O) groups excluding carboxylic acids is 1. The number of nitrogens with one attached hydrogen (secondary N) is 1. The lowest BCUT2D eigenvalue weighted by molar-refractivity contribution is 0.0574. The molecule has 0 bridgehead atoms. The van der Waals surface area contributed by atoms with E-state index in [1.165, 1.54) is 45.2 Å². The second kappa shape index (κ2) is 8.03. The monoisotopic (exact) mass is 385 g/mol. The summed E-state index contributed by atoms with van der Waals surface area (Å²) in [5.74, 6) is 1.97. The Kier molecular flexibility index (Phi) is 5.49. The molecular formula is C22H31N3O3. The van der Waals surface area contributed by atoms with Gasteiger partial charge in [-0.05, 0) is 50.8 Å². The van der Waals surface area contributed by atoms with Gasteiger partial charge in [0.1, 0.15) is 17.2 Å². The van der Waals surface area contributed by atoms with Crippen LogP contribution in [0.3, 0.4) is 0 Å². The fraction of sp³-hybridized carbons (Fsp3) is 0.591. The number of carbonyl (C=O) groups is 1. The minimum atomic E-state index is -0.0207. The second-order valence-corrected chi connectivity index (χ2v) is 8.06. The van der Waals surface area contributed by atoms with Crippen molar-refractivity contribution in [1.82, 2.24) is 14.8 Å². The van der Waals surface area contributed by atoms with Crippen molar-refractivity contribution in [2.45, 2.75) is 38.1 Å². The molecule has 0 radical (unpaired) electrons. The second-order valence-electron chi connectivity index (χ2n) is 8.06. The normalized spacial score (nSPS) is 22.7. The van der Waals surface area contributed by atoms with Crippen molar-refractivity contribution in [2.24, 2.45) is 13.0 Å². The van der Waals surface area contributed by atoms with Crippen molar-refractivity contribution in [1.29, 1.82) is 0 Å². The number of methoxy groups -OCH3 is 2. The molecule has 6 heteroatoms. The number of rotatable bonds is 5. The number of amides is 1. The Balaban J connectivity index is 1.51. The Morgan fingerprint density at radius 1 is 1.11 bits per heavy atom. The molecule has 2 aromatic rings. The molecule has 2 fully saturated rings. The van der Waals surface area contributed by atoms with E-state index in [4.69, 9.17) is 9.47 Å². The molecule has 28 heavy (non-hydrogen) atoms. The maximum absolute atomic E-state index is 13.0. The van der Waals surface area contributed by atoms with E-state index in [1.54, 1.807) is 14.2 Å². The van der Waals surface area contributed by atoms with Gasteiger partial charge in [0.15, 0.2) is 0 Å². The maximum Gasteiger partial charge on any atom is 0.267 e. The van der Waals surface area contributed by atoms with Crippen molar-refractivity contribution >= 4 is 16.8 Å². The molecule has 3 heterocycles. The van der Waals surface area contributed by atoms with E-state index in [0.29, 0.717) is 23.4 Å². The van der Waals surface area contributed by atoms with Crippen LogP contribution in [0.2, 0.25) is 0 Å². The summed E-state index contributed by atoms with van der Waals surface area (Å²) in [5.41, 5.74) is 1.58. The van der Waals surface area contributed by atoms with Crippen LogP contribution in [0.15, 0.2) is 18.2 Å². The van der Waals surface area contributed by atoms with Crippen molar-refractivity contribution in [3.8, 4) is 11.5 Å². The molecule has 1 N–H and O–H groups in total. The number of piperidine rings is 2. The molecule has 2 atom stereocenters. The highest BCUT2D eigenvalue weighted by Crippen LogP contribution is 2.33. The topological polar surface area (TPSA) is 55.7 Å². The predicted octanol–water partition coefficient (Wildman–Crippen LogP) is 3.19. The molecule has 2 aliphatic heterocycles. The van der Waals surface area contributed by atoms with Crippen LogP contribution in [-0.4, -0.2) is 55.3 Å². The molecule has 4 rings (SSSR count). The molecule has 0 saturated carbocycles. The average Bonchev–Trinajstić information content (AvgIpc) is 3.07. The van der Waals surface area contributed by atoms with Gasteiger partial charge in [-0.2, -0.15) is 0 Å². The van der Waals surface area contributed by atoms with Crippen LogP contribution in [0.25, 0.3) is 10.9 Å². The minimum Gasteiger partial charge on any atom is -0.497 e. The van der Waals surface area contributed by atoms with Crippen LogP contribution in [0.4, 0.5) is 0 Å². The van der Waals surface area contributed by atoms with Gasteiger partial charge in [-0.15, -0.1) is 0 Å². The number of fused-ring (bicyclic) bond motifs is 2. The predicted molar refractivity (Wildman–Crippen MR) is 110 cm³/mol. The van der Waals surface area contributed by atoms with Crippen LogP contribution in [0.1, 0.15) is 42.6 Å². The molecule has 2 aliphatic rings. The summed E-state index contributed by atoms with van der Waals surface area (Å²) >= 11 is 0. The molecule has 152 valence electrons. The van der Waals surface area contributed by atoms with Gasteiger partial charge in [0.25, 0.3) is 5.91 Å². The van der Waals surface area contributed by atoms with E-state index in [9.17, 15) is 4.79 Å². The Morgan fingerprint density at radius 2 is 1.93 bits per heavy atom. The van der Waals surface area contributed by atoms with E-state index in [1.807, 2.05) is 29.8 Å². The van der Waals surface area contributed by atoms with Crippen LogP contribution in [0.5, 0.6) is 11.5 Å². The summed E-state index contributed by atoms with van der Waals surface area (Å²) < 4.78 is 12.8. The van der Waals surface area contributed by atoms with Crippen LogP contribution in [-0.2, 0) is 7.05 Å².